The van der Waals surface area contributed by atoms with Crippen molar-refractivity contribution in [3.05, 3.63) is 11.4 Å². The predicted molar refractivity (Wildman–Crippen MR) is 85.0 cm³/mol. The van der Waals surface area contributed by atoms with Gasteiger partial charge in [0.05, 0.1) is 0 Å². The first-order valence-corrected chi connectivity index (χ1v) is 7.95. The second-order valence-corrected chi connectivity index (χ2v) is 6.31. The zero-order valence-electron chi connectivity index (χ0n) is 13.1. The smallest absolute Gasteiger partial charge is 0.135 e. The Balaban J connectivity index is 1.94. The number of hydrogen-bond donors (Lipinski definition) is 2. The Morgan fingerprint density at radius 3 is 2.55 bits per heavy atom. The minimum absolute atomic E-state index is 0.303. The highest BCUT2D eigenvalue weighted by molar-refractivity contribution is 5.54. The molecule has 3 N–H and O–H groups in total. The Morgan fingerprint density at radius 1 is 1.20 bits per heavy atom. The second kappa shape index (κ2) is 6.91. The zero-order valence-corrected chi connectivity index (χ0v) is 13.1. The normalized spacial score (nSPS) is 16.6. The summed E-state index contributed by atoms with van der Waals surface area (Å²) in [6.45, 7) is 7.16. The number of aromatic nitrogens is 2. The second-order valence-electron chi connectivity index (χ2n) is 6.31. The van der Waals surface area contributed by atoms with Gasteiger partial charge in [0.25, 0.3) is 0 Å². The monoisotopic (exact) mass is 276 g/mol. The van der Waals surface area contributed by atoms with E-state index in [1.165, 1.54) is 38.5 Å². The van der Waals surface area contributed by atoms with Crippen molar-refractivity contribution >= 4 is 11.6 Å². The molecule has 0 amide bonds. The molecule has 0 atom stereocenters. The third-order valence-corrected chi connectivity index (χ3v) is 4.29. The minimum atomic E-state index is 0.303. The van der Waals surface area contributed by atoms with E-state index in [2.05, 4.69) is 29.1 Å². The number of nitrogens with zero attached hydrogens (tertiary/aromatic N) is 2. The van der Waals surface area contributed by atoms with Crippen LogP contribution in [0.4, 0.5) is 11.6 Å². The van der Waals surface area contributed by atoms with Crippen molar-refractivity contribution in [1.29, 1.82) is 0 Å². The third-order valence-electron chi connectivity index (χ3n) is 4.29. The highest BCUT2D eigenvalue weighted by atomic mass is 15.1. The van der Waals surface area contributed by atoms with E-state index in [0.717, 1.165) is 29.7 Å². The van der Waals surface area contributed by atoms with E-state index >= 15 is 0 Å². The number of nitrogens with one attached hydrogen (secondary N) is 1. The standard InChI is InChI=1S/C16H28N4/c1-11(2)15-19-14(17)12(3)16(20-15)18-10-9-13-7-5-4-6-8-13/h11,13H,4-10H2,1-3H3,(H3,17,18,19,20). The molecule has 0 saturated heterocycles. The number of nitrogens with two attached hydrogens (primary N) is 1. The lowest BCUT2D eigenvalue weighted by Crippen LogP contribution is -2.15. The first-order chi connectivity index (χ1) is 9.58. The van der Waals surface area contributed by atoms with Crippen LogP contribution in [0.25, 0.3) is 0 Å². The molecule has 0 aliphatic heterocycles. The van der Waals surface area contributed by atoms with Gasteiger partial charge in [0.2, 0.25) is 0 Å². The SMILES string of the molecule is Cc1c(N)nc(C(C)C)nc1NCCC1CCCCC1. The van der Waals surface area contributed by atoms with E-state index < -0.39 is 0 Å². The van der Waals surface area contributed by atoms with Crippen LogP contribution in [-0.2, 0) is 0 Å². The summed E-state index contributed by atoms with van der Waals surface area (Å²) in [6.07, 6.45) is 8.25. The average molecular weight is 276 g/mol. The van der Waals surface area contributed by atoms with E-state index in [1.54, 1.807) is 0 Å². The Labute approximate surface area is 122 Å². The lowest BCUT2D eigenvalue weighted by Gasteiger charge is -2.22. The van der Waals surface area contributed by atoms with Crippen molar-refractivity contribution in [2.75, 3.05) is 17.6 Å². The van der Waals surface area contributed by atoms with Gasteiger partial charge >= 0.3 is 0 Å². The molecule has 1 aromatic rings. The van der Waals surface area contributed by atoms with Gasteiger partial charge in [0.1, 0.15) is 17.5 Å². The molecule has 0 spiro atoms. The number of rotatable bonds is 5. The minimum Gasteiger partial charge on any atom is -0.383 e. The van der Waals surface area contributed by atoms with Gasteiger partial charge in [-0.2, -0.15) is 0 Å². The predicted octanol–water partition coefficient (Wildman–Crippen LogP) is 3.87. The molecule has 1 heterocycles. The summed E-state index contributed by atoms with van der Waals surface area (Å²) in [5, 5.41) is 3.47. The average Bonchev–Trinajstić information content (AvgIpc) is 2.44. The Bertz CT molecular complexity index is 436. The van der Waals surface area contributed by atoms with Gasteiger partial charge in [-0.05, 0) is 19.3 Å². The summed E-state index contributed by atoms with van der Waals surface area (Å²) in [5.41, 5.74) is 6.95. The van der Waals surface area contributed by atoms with Crippen LogP contribution in [0.2, 0.25) is 0 Å². The molecule has 4 heteroatoms. The Hall–Kier alpha value is -1.32. The maximum Gasteiger partial charge on any atom is 0.135 e. The molecule has 4 nitrogen and oxygen atoms in total. The molecule has 0 unspecified atom stereocenters. The summed E-state index contributed by atoms with van der Waals surface area (Å²) >= 11 is 0. The Kier molecular flexibility index (Phi) is 5.21. The quantitative estimate of drug-likeness (QED) is 0.856. The molecule has 1 aliphatic carbocycles. The lowest BCUT2D eigenvalue weighted by molar-refractivity contribution is 0.345. The molecular weight excluding hydrogens is 248 g/mol. The van der Waals surface area contributed by atoms with E-state index in [1.807, 2.05) is 6.92 Å². The van der Waals surface area contributed by atoms with Gasteiger partial charge in [-0.15, -0.1) is 0 Å². The topological polar surface area (TPSA) is 63.8 Å². The summed E-state index contributed by atoms with van der Waals surface area (Å²) < 4.78 is 0. The van der Waals surface area contributed by atoms with Gasteiger partial charge in [0.15, 0.2) is 0 Å². The van der Waals surface area contributed by atoms with Crippen molar-refractivity contribution < 1.29 is 0 Å². The van der Waals surface area contributed by atoms with E-state index in [0.29, 0.717) is 11.7 Å². The van der Waals surface area contributed by atoms with E-state index in [9.17, 15) is 0 Å². The van der Waals surface area contributed by atoms with Crippen molar-refractivity contribution in [2.24, 2.45) is 5.92 Å². The highest BCUT2D eigenvalue weighted by Crippen LogP contribution is 2.26. The first kappa shape index (κ1) is 15.1. The Morgan fingerprint density at radius 2 is 1.90 bits per heavy atom. The van der Waals surface area contributed by atoms with Crippen molar-refractivity contribution in [1.82, 2.24) is 9.97 Å². The van der Waals surface area contributed by atoms with Crippen molar-refractivity contribution in [3.8, 4) is 0 Å². The van der Waals surface area contributed by atoms with Crippen LogP contribution in [0.15, 0.2) is 0 Å². The third kappa shape index (κ3) is 3.84. The molecule has 20 heavy (non-hydrogen) atoms. The molecule has 2 rings (SSSR count). The van der Waals surface area contributed by atoms with Crippen LogP contribution < -0.4 is 11.1 Å². The molecule has 0 bridgehead atoms. The zero-order chi connectivity index (χ0) is 14.5. The number of nitrogen functional groups attached to an aromatic ring is 1. The number of anilines is 2. The summed E-state index contributed by atoms with van der Waals surface area (Å²) in [4.78, 5) is 8.97. The van der Waals surface area contributed by atoms with Crippen LogP contribution >= 0.6 is 0 Å². The fourth-order valence-corrected chi connectivity index (χ4v) is 2.85. The van der Waals surface area contributed by atoms with Gasteiger partial charge in [-0.1, -0.05) is 46.0 Å². The highest BCUT2D eigenvalue weighted by Gasteiger charge is 2.14. The van der Waals surface area contributed by atoms with Gasteiger partial charge < -0.3 is 11.1 Å². The molecule has 112 valence electrons. The van der Waals surface area contributed by atoms with Crippen molar-refractivity contribution in [3.63, 3.8) is 0 Å². The first-order valence-electron chi connectivity index (χ1n) is 7.95. The van der Waals surface area contributed by atoms with Crippen LogP contribution in [0, 0.1) is 12.8 Å². The fraction of sp³-hybridized carbons (Fsp3) is 0.750. The summed E-state index contributed by atoms with van der Waals surface area (Å²) in [7, 11) is 0. The molecule has 1 fully saturated rings. The van der Waals surface area contributed by atoms with Gasteiger partial charge in [-0.3, -0.25) is 0 Å². The molecular formula is C16H28N4. The molecule has 0 aromatic carbocycles. The van der Waals surface area contributed by atoms with Gasteiger partial charge in [-0.25, -0.2) is 9.97 Å². The number of hydrogen-bond acceptors (Lipinski definition) is 4. The van der Waals surface area contributed by atoms with E-state index in [-0.39, 0.29) is 0 Å². The van der Waals surface area contributed by atoms with E-state index in [4.69, 9.17) is 5.73 Å². The maximum atomic E-state index is 5.98. The molecule has 1 saturated carbocycles. The lowest BCUT2D eigenvalue weighted by atomic mass is 9.87. The fourth-order valence-electron chi connectivity index (χ4n) is 2.85. The maximum absolute atomic E-state index is 5.98. The van der Waals surface area contributed by atoms with Crippen LogP contribution in [-0.4, -0.2) is 16.5 Å². The van der Waals surface area contributed by atoms with Gasteiger partial charge in [0, 0.05) is 18.0 Å². The summed E-state index contributed by atoms with van der Waals surface area (Å²) in [5.74, 6) is 3.53. The van der Waals surface area contributed by atoms with Crippen LogP contribution in [0.5, 0.6) is 0 Å². The molecule has 1 aliphatic rings. The molecule has 1 aromatic heterocycles. The van der Waals surface area contributed by atoms with Crippen molar-refractivity contribution in [2.45, 2.75) is 65.2 Å². The van der Waals surface area contributed by atoms with Crippen LogP contribution in [0.3, 0.4) is 0 Å². The van der Waals surface area contributed by atoms with Crippen LogP contribution in [0.1, 0.15) is 69.7 Å². The largest absolute Gasteiger partial charge is 0.383 e. The molecule has 0 radical (unpaired) electrons. The summed E-state index contributed by atoms with van der Waals surface area (Å²) in [6, 6.07) is 0.